The highest BCUT2D eigenvalue weighted by atomic mass is 32.2. The lowest BCUT2D eigenvalue weighted by atomic mass is 10.2. The zero-order valence-corrected chi connectivity index (χ0v) is 7.31. The lowest BCUT2D eigenvalue weighted by Crippen LogP contribution is -2.45. The monoisotopic (exact) mass is 186 g/mol. The lowest BCUT2D eigenvalue weighted by Gasteiger charge is -2.20. The normalized spacial score (nSPS) is 26.8. The summed E-state index contributed by atoms with van der Waals surface area (Å²) >= 11 is 1.22. The quantitative estimate of drug-likeness (QED) is 0.693. The van der Waals surface area contributed by atoms with Crippen LogP contribution in [-0.4, -0.2) is 24.4 Å². The second kappa shape index (κ2) is 3.62. The van der Waals surface area contributed by atoms with Crippen molar-refractivity contribution in [1.29, 1.82) is 0 Å². The zero-order chi connectivity index (χ0) is 9.03. The van der Waals surface area contributed by atoms with Crippen LogP contribution < -0.4 is 5.32 Å². The van der Waals surface area contributed by atoms with Gasteiger partial charge in [0.25, 0.3) is 0 Å². The predicted octanol–water partition coefficient (Wildman–Crippen LogP) is 0.799. The van der Waals surface area contributed by atoms with Crippen molar-refractivity contribution in [3.05, 3.63) is 11.5 Å². The van der Waals surface area contributed by atoms with Crippen molar-refractivity contribution in [1.82, 2.24) is 5.32 Å². The predicted molar refractivity (Wildman–Crippen MR) is 45.3 cm³/mol. The molecule has 1 atom stereocenters. The molecule has 0 aromatic rings. The Morgan fingerprint density at radius 3 is 3.00 bits per heavy atom. The fourth-order valence-electron chi connectivity index (χ4n) is 0.814. The molecule has 1 aliphatic rings. The lowest BCUT2D eigenvalue weighted by molar-refractivity contribution is 0.168. The van der Waals surface area contributed by atoms with E-state index in [0.29, 0.717) is 6.42 Å². The average Bonchev–Trinajstić information content (AvgIpc) is 2.54. The largest absolute Gasteiger partial charge is 0.453 e. The summed E-state index contributed by atoms with van der Waals surface area (Å²) < 4.78 is 4.37. The van der Waals surface area contributed by atoms with Gasteiger partial charge in [0, 0.05) is 6.42 Å². The van der Waals surface area contributed by atoms with Crippen LogP contribution in [-0.2, 0) is 9.53 Å². The molecular weight excluding hydrogens is 178 g/mol. The molecule has 4 nitrogen and oxygen atoms in total. The first-order valence-electron chi connectivity index (χ1n) is 3.31. The van der Waals surface area contributed by atoms with Crippen molar-refractivity contribution >= 4 is 24.1 Å². The molecule has 1 heterocycles. The third kappa shape index (κ3) is 1.79. The number of carbonyl (C=O) groups excluding carboxylic acids is 2. The van der Waals surface area contributed by atoms with Gasteiger partial charge in [0.15, 0.2) is 4.87 Å². The van der Waals surface area contributed by atoms with Crippen LogP contribution >= 0.6 is 11.8 Å². The van der Waals surface area contributed by atoms with Crippen molar-refractivity contribution in [2.75, 3.05) is 7.11 Å². The van der Waals surface area contributed by atoms with Gasteiger partial charge in [-0.15, -0.1) is 0 Å². The second-order valence-corrected chi connectivity index (χ2v) is 3.44. The molecule has 5 heteroatoms. The van der Waals surface area contributed by atoms with Gasteiger partial charge in [-0.05, 0) is 5.41 Å². The Morgan fingerprint density at radius 2 is 2.58 bits per heavy atom. The summed E-state index contributed by atoms with van der Waals surface area (Å²) in [7, 11) is 1.25. The molecule has 0 saturated carbocycles. The topological polar surface area (TPSA) is 55.4 Å². The Kier molecular flexibility index (Phi) is 2.75. The summed E-state index contributed by atoms with van der Waals surface area (Å²) in [4.78, 5) is 20.3. The SMILES string of the molecule is COC(=O)NC1([C]=O)CC=CS1. The number of rotatable bonds is 2. The summed E-state index contributed by atoms with van der Waals surface area (Å²) in [6, 6.07) is 0. The van der Waals surface area contributed by atoms with Gasteiger partial charge in [-0.3, -0.25) is 10.1 Å². The molecule has 65 valence electrons. The summed E-state index contributed by atoms with van der Waals surface area (Å²) in [5, 5.41) is 4.16. The van der Waals surface area contributed by atoms with Crippen molar-refractivity contribution in [2.24, 2.45) is 0 Å². The first-order chi connectivity index (χ1) is 5.72. The Balaban J connectivity index is 2.57. The van der Waals surface area contributed by atoms with Gasteiger partial charge in [-0.2, -0.15) is 0 Å². The molecule has 0 aromatic heterocycles. The minimum absolute atomic E-state index is 0.455. The van der Waals surface area contributed by atoms with E-state index >= 15 is 0 Å². The van der Waals surface area contributed by atoms with Crippen LogP contribution in [0.1, 0.15) is 6.42 Å². The molecule has 1 unspecified atom stereocenters. The highest BCUT2D eigenvalue weighted by Gasteiger charge is 2.34. The number of alkyl carbamates (subject to hydrolysis) is 1. The molecule has 1 aliphatic heterocycles. The summed E-state index contributed by atoms with van der Waals surface area (Å²) in [5.41, 5.74) is 0. The Bertz CT molecular complexity index is 219. The van der Waals surface area contributed by atoms with E-state index in [1.54, 1.807) is 17.8 Å². The van der Waals surface area contributed by atoms with Gasteiger partial charge in [-0.25, -0.2) is 4.79 Å². The molecule has 0 saturated heterocycles. The highest BCUT2D eigenvalue weighted by Crippen LogP contribution is 2.31. The summed E-state index contributed by atoms with van der Waals surface area (Å²) in [6.07, 6.45) is 3.42. The third-order valence-corrected chi connectivity index (χ3v) is 2.51. The Morgan fingerprint density at radius 1 is 1.83 bits per heavy atom. The molecule has 0 aliphatic carbocycles. The van der Waals surface area contributed by atoms with Crippen molar-refractivity contribution in [2.45, 2.75) is 11.3 Å². The summed E-state index contributed by atoms with van der Waals surface area (Å²) in [6.45, 7) is 0. The maximum Gasteiger partial charge on any atom is 0.408 e. The van der Waals surface area contributed by atoms with Crippen LogP contribution in [0.15, 0.2) is 11.5 Å². The number of carbonyl (C=O) groups is 1. The molecule has 1 amide bonds. The van der Waals surface area contributed by atoms with Gasteiger partial charge in [0.2, 0.25) is 6.29 Å². The average molecular weight is 186 g/mol. The van der Waals surface area contributed by atoms with Crippen LogP contribution in [0.2, 0.25) is 0 Å². The van der Waals surface area contributed by atoms with Crippen molar-refractivity contribution < 1.29 is 14.3 Å². The summed E-state index contributed by atoms with van der Waals surface area (Å²) in [5.74, 6) is 0. The smallest absolute Gasteiger partial charge is 0.408 e. The highest BCUT2D eigenvalue weighted by molar-refractivity contribution is 8.04. The maximum absolute atomic E-state index is 10.8. The van der Waals surface area contributed by atoms with Gasteiger partial charge >= 0.3 is 6.09 Å². The number of amides is 1. The van der Waals surface area contributed by atoms with E-state index in [2.05, 4.69) is 10.1 Å². The van der Waals surface area contributed by atoms with Gasteiger partial charge < -0.3 is 4.74 Å². The van der Waals surface area contributed by atoms with Crippen LogP contribution in [0, 0.1) is 0 Å². The number of thioether (sulfide) groups is 1. The fraction of sp³-hybridized carbons (Fsp3) is 0.429. The van der Waals surface area contributed by atoms with E-state index in [9.17, 15) is 9.59 Å². The number of hydrogen-bond acceptors (Lipinski definition) is 4. The van der Waals surface area contributed by atoms with E-state index in [1.807, 2.05) is 0 Å². The van der Waals surface area contributed by atoms with E-state index < -0.39 is 11.0 Å². The molecule has 0 aromatic carbocycles. The molecule has 12 heavy (non-hydrogen) atoms. The van der Waals surface area contributed by atoms with Gasteiger partial charge in [-0.1, -0.05) is 17.8 Å². The van der Waals surface area contributed by atoms with Gasteiger partial charge in [0.1, 0.15) is 0 Å². The minimum atomic E-state index is -0.965. The van der Waals surface area contributed by atoms with Crippen molar-refractivity contribution in [3.8, 4) is 0 Å². The molecule has 0 spiro atoms. The maximum atomic E-state index is 10.8. The number of nitrogens with one attached hydrogen (secondary N) is 1. The molecule has 1 radical (unpaired) electrons. The Hall–Kier alpha value is -0.970. The molecule has 0 fully saturated rings. The first kappa shape index (κ1) is 9.12. The molecular formula is C7H8NO3S. The van der Waals surface area contributed by atoms with E-state index in [-0.39, 0.29) is 0 Å². The standard InChI is InChI=1S/C7H8NO3S/c1-11-6(10)8-7(5-9)3-2-4-12-7/h2,4H,3H2,1H3,(H,8,10). The molecule has 1 rings (SSSR count). The number of ether oxygens (including phenoxy) is 1. The van der Waals surface area contributed by atoms with E-state index in [4.69, 9.17) is 0 Å². The van der Waals surface area contributed by atoms with E-state index in [1.165, 1.54) is 18.9 Å². The third-order valence-electron chi connectivity index (χ3n) is 1.43. The van der Waals surface area contributed by atoms with Crippen LogP contribution in [0.5, 0.6) is 0 Å². The zero-order valence-electron chi connectivity index (χ0n) is 6.49. The first-order valence-corrected chi connectivity index (χ1v) is 4.19. The minimum Gasteiger partial charge on any atom is -0.453 e. The Labute approximate surface area is 74.3 Å². The second-order valence-electron chi connectivity index (χ2n) is 2.24. The van der Waals surface area contributed by atoms with Crippen LogP contribution in [0.3, 0.4) is 0 Å². The van der Waals surface area contributed by atoms with Crippen LogP contribution in [0.25, 0.3) is 0 Å². The number of hydrogen-bond donors (Lipinski definition) is 1. The van der Waals surface area contributed by atoms with Crippen LogP contribution in [0.4, 0.5) is 4.79 Å². The van der Waals surface area contributed by atoms with E-state index in [0.717, 1.165) is 0 Å². The fourth-order valence-corrected chi connectivity index (χ4v) is 1.62. The molecule has 0 bridgehead atoms. The molecule has 1 N–H and O–H groups in total. The van der Waals surface area contributed by atoms with Gasteiger partial charge in [0.05, 0.1) is 7.11 Å². The number of methoxy groups -OCH3 is 1. The van der Waals surface area contributed by atoms with Crippen molar-refractivity contribution in [3.63, 3.8) is 0 Å².